The van der Waals surface area contributed by atoms with Gasteiger partial charge in [-0.25, -0.2) is 0 Å². The average Bonchev–Trinajstić information content (AvgIpc) is 2.48. The van der Waals surface area contributed by atoms with Crippen LogP contribution in [-0.4, -0.2) is 49.0 Å². The number of benzene rings is 1. The third-order valence-electron chi connectivity index (χ3n) is 2.74. The van der Waals surface area contributed by atoms with E-state index in [0.29, 0.717) is 6.61 Å². The zero-order valence-electron chi connectivity index (χ0n) is 11.6. The first-order valence-corrected chi connectivity index (χ1v) is 6.40. The third kappa shape index (κ3) is 5.81. The van der Waals surface area contributed by atoms with E-state index >= 15 is 0 Å². The lowest BCUT2D eigenvalue weighted by atomic mass is 10.1. The van der Waals surface area contributed by atoms with Crippen LogP contribution in [0.4, 0.5) is 0 Å². The lowest BCUT2D eigenvalue weighted by Gasteiger charge is -2.25. The van der Waals surface area contributed by atoms with Crippen LogP contribution in [0.3, 0.4) is 0 Å². The molecule has 1 aromatic rings. The van der Waals surface area contributed by atoms with Crippen molar-refractivity contribution in [3.63, 3.8) is 0 Å². The van der Waals surface area contributed by atoms with Gasteiger partial charge in [0.05, 0.1) is 13.2 Å². The van der Waals surface area contributed by atoms with Gasteiger partial charge in [-0.3, -0.25) is 0 Å². The Morgan fingerprint density at radius 3 is 2.55 bits per heavy atom. The molecule has 5 heteroatoms. The number of aliphatic hydroxyl groups is 2. The summed E-state index contributed by atoms with van der Waals surface area (Å²) in [6, 6.07) is 9.63. The van der Waals surface area contributed by atoms with Gasteiger partial charge in [-0.1, -0.05) is 36.4 Å². The molecule has 1 unspecified atom stereocenters. The van der Waals surface area contributed by atoms with Crippen LogP contribution >= 0.6 is 0 Å². The minimum atomic E-state index is -0.986. The number of rotatable bonds is 10. The van der Waals surface area contributed by atoms with Gasteiger partial charge in [0.25, 0.3) is 0 Å². The van der Waals surface area contributed by atoms with E-state index in [4.69, 9.17) is 14.2 Å². The highest BCUT2D eigenvalue weighted by Gasteiger charge is 2.26. The van der Waals surface area contributed by atoms with Crippen LogP contribution in [-0.2, 0) is 20.8 Å². The molecule has 0 saturated heterocycles. The van der Waals surface area contributed by atoms with Crippen molar-refractivity contribution in [3.05, 3.63) is 48.6 Å². The molecule has 0 aromatic heterocycles. The first kappa shape index (κ1) is 16.8. The normalized spacial score (nSPS) is 15.6. The van der Waals surface area contributed by atoms with Crippen molar-refractivity contribution in [2.24, 2.45) is 0 Å². The molecule has 1 aromatic carbocycles. The first-order valence-electron chi connectivity index (χ1n) is 6.40. The molecule has 0 saturated carbocycles. The van der Waals surface area contributed by atoms with E-state index in [-0.39, 0.29) is 13.4 Å². The van der Waals surface area contributed by atoms with Crippen LogP contribution in [0.5, 0.6) is 0 Å². The van der Waals surface area contributed by atoms with E-state index < -0.39 is 18.3 Å². The van der Waals surface area contributed by atoms with Crippen LogP contribution in [0.15, 0.2) is 43.0 Å². The van der Waals surface area contributed by atoms with Crippen molar-refractivity contribution in [1.29, 1.82) is 0 Å². The molecule has 0 fully saturated rings. The Hall–Kier alpha value is -1.24. The monoisotopic (exact) mass is 282 g/mol. The largest absolute Gasteiger partial charge is 0.388 e. The van der Waals surface area contributed by atoms with Gasteiger partial charge in [-0.2, -0.15) is 0 Å². The zero-order valence-corrected chi connectivity index (χ0v) is 11.6. The Balaban J connectivity index is 2.40. The second-order valence-electron chi connectivity index (χ2n) is 4.33. The van der Waals surface area contributed by atoms with E-state index in [1.165, 1.54) is 13.2 Å². The SMILES string of the molecule is C=C[C@H](O)C(OCOC)[C@H](O)COCc1ccccc1. The summed E-state index contributed by atoms with van der Waals surface area (Å²) in [6.45, 7) is 3.89. The van der Waals surface area contributed by atoms with Crippen LogP contribution < -0.4 is 0 Å². The summed E-state index contributed by atoms with van der Waals surface area (Å²) >= 11 is 0. The highest BCUT2D eigenvalue weighted by molar-refractivity contribution is 5.13. The Labute approximate surface area is 119 Å². The smallest absolute Gasteiger partial charge is 0.146 e. The summed E-state index contributed by atoms with van der Waals surface area (Å²) in [4.78, 5) is 0. The Morgan fingerprint density at radius 2 is 1.95 bits per heavy atom. The van der Waals surface area contributed by atoms with Crippen LogP contribution in [0.1, 0.15) is 5.56 Å². The van der Waals surface area contributed by atoms with Crippen molar-refractivity contribution >= 4 is 0 Å². The summed E-state index contributed by atoms with van der Waals surface area (Å²) in [5.41, 5.74) is 1.01. The number of methoxy groups -OCH3 is 1. The van der Waals surface area contributed by atoms with E-state index in [1.54, 1.807) is 0 Å². The third-order valence-corrected chi connectivity index (χ3v) is 2.74. The Morgan fingerprint density at radius 1 is 1.25 bits per heavy atom. The Kier molecular flexibility index (Phi) is 8.10. The van der Waals surface area contributed by atoms with Crippen molar-refractivity contribution in [2.45, 2.75) is 24.9 Å². The van der Waals surface area contributed by atoms with E-state index in [2.05, 4.69) is 6.58 Å². The summed E-state index contributed by atoms with van der Waals surface area (Å²) < 4.78 is 15.4. The minimum Gasteiger partial charge on any atom is -0.388 e. The molecule has 0 radical (unpaired) electrons. The minimum absolute atomic E-state index is 0.0225. The molecule has 0 aliphatic rings. The standard InChI is InChI=1S/C15H22O5/c1-3-13(16)15(20-11-18-2)14(17)10-19-9-12-7-5-4-6-8-12/h3-8,13-17H,1,9-11H2,2H3/t13-,14+,15?/m0/s1. The van der Waals surface area contributed by atoms with E-state index in [9.17, 15) is 10.2 Å². The molecule has 0 aliphatic carbocycles. The molecule has 20 heavy (non-hydrogen) atoms. The van der Waals surface area contributed by atoms with E-state index in [0.717, 1.165) is 5.56 Å². The highest BCUT2D eigenvalue weighted by Crippen LogP contribution is 2.09. The van der Waals surface area contributed by atoms with Crippen molar-refractivity contribution < 1.29 is 24.4 Å². The van der Waals surface area contributed by atoms with Gasteiger partial charge in [0.2, 0.25) is 0 Å². The maximum absolute atomic E-state index is 10.0. The molecule has 5 nitrogen and oxygen atoms in total. The van der Waals surface area contributed by atoms with Crippen molar-refractivity contribution in [3.8, 4) is 0 Å². The van der Waals surface area contributed by atoms with Crippen LogP contribution in [0, 0.1) is 0 Å². The highest BCUT2D eigenvalue weighted by atomic mass is 16.7. The molecule has 1 rings (SSSR count). The summed E-state index contributed by atoms with van der Waals surface area (Å²) in [5.74, 6) is 0. The average molecular weight is 282 g/mol. The zero-order chi connectivity index (χ0) is 14.8. The van der Waals surface area contributed by atoms with Gasteiger partial charge >= 0.3 is 0 Å². The number of hydrogen-bond acceptors (Lipinski definition) is 5. The van der Waals surface area contributed by atoms with Gasteiger partial charge in [-0.15, -0.1) is 6.58 Å². The molecule has 2 N–H and O–H groups in total. The first-order chi connectivity index (χ1) is 9.69. The van der Waals surface area contributed by atoms with Gasteiger partial charge in [-0.05, 0) is 5.56 Å². The maximum atomic E-state index is 10.0. The molecule has 112 valence electrons. The maximum Gasteiger partial charge on any atom is 0.146 e. The quantitative estimate of drug-likeness (QED) is 0.497. The fourth-order valence-corrected chi connectivity index (χ4v) is 1.68. The summed E-state index contributed by atoms with van der Waals surface area (Å²) in [7, 11) is 1.47. The molecule has 0 bridgehead atoms. The predicted molar refractivity (Wildman–Crippen MR) is 75.1 cm³/mol. The fraction of sp³-hybridized carbons (Fsp3) is 0.467. The molecule has 0 spiro atoms. The lowest BCUT2D eigenvalue weighted by molar-refractivity contribution is -0.154. The topological polar surface area (TPSA) is 68.2 Å². The van der Waals surface area contributed by atoms with Gasteiger partial charge in [0.1, 0.15) is 25.1 Å². The molecule has 0 aliphatic heterocycles. The number of ether oxygens (including phenoxy) is 3. The molecule has 3 atom stereocenters. The second kappa shape index (κ2) is 9.63. The van der Waals surface area contributed by atoms with Gasteiger partial charge in [0, 0.05) is 7.11 Å². The van der Waals surface area contributed by atoms with Gasteiger partial charge in [0.15, 0.2) is 0 Å². The van der Waals surface area contributed by atoms with Crippen molar-refractivity contribution in [2.75, 3.05) is 20.5 Å². The molecular formula is C15H22O5. The Bertz CT molecular complexity index is 368. The molecular weight excluding hydrogens is 260 g/mol. The van der Waals surface area contributed by atoms with E-state index in [1.807, 2.05) is 30.3 Å². The lowest BCUT2D eigenvalue weighted by Crippen LogP contribution is -2.41. The van der Waals surface area contributed by atoms with Crippen molar-refractivity contribution in [1.82, 2.24) is 0 Å². The summed E-state index contributed by atoms with van der Waals surface area (Å²) in [5, 5.41) is 19.7. The summed E-state index contributed by atoms with van der Waals surface area (Å²) in [6.07, 6.45) is -1.48. The molecule has 0 amide bonds. The van der Waals surface area contributed by atoms with Crippen LogP contribution in [0.2, 0.25) is 0 Å². The second-order valence-corrected chi connectivity index (χ2v) is 4.33. The van der Waals surface area contributed by atoms with Gasteiger partial charge < -0.3 is 24.4 Å². The number of aliphatic hydroxyl groups excluding tert-OH is 2. The fourth-order valence-electron chi connectivity index (χ4n) is 1.68. The predicted octanol–water partition coefficient (Wildman–Crippen LogP) is 1.10. The van der Waals surface area contributed by atoms with Crippen LogP contribution in [0.25, 0.3) is 0 Å². The molecule has 0 heterocycles. The number of hydrogen-bond donors (Lipinski definition) is 2.